The standard InChI is InChI=1S/C13H18N4O2S/c1-10(2)17-9-11(7-16-17)6-14-12-4-5-13(15-8-12)20(3,18)19/h4-5,7-10,14H,6H2,1-3H3. The number of hydrogen-bond donors (Lipinski definition) is 1. The van der Waals surface area contributed by atoms with Crippen LogP contribution in [-0.2, 0) is 16.4 Å². The van der Waals surface area contributed by atoms with Crippen LogP contribution in [0.5, 0.6) is 0 Å². The molecule has 0 saturated heterocycles. The maximum atomic E-state index is 11.3. The number of nitrogens with one attached hydrogen (secondary N) is 1. The third-order valence-electron chi connectivity index (χ3n) is 2.80. The van der Waals surface area contributed by atoms with Crippen LogP contribution in [-0.4, -0.2) is 29.4 Å². The largest absolute Gasteiger partial charge is 0.380 e. The smallest absolute Gasteiger partial charge is 0.192 e. The van der Waals surface area contributed by atoms with Crippen LogP contribution < -0.4 is 5.32 Å². The van der Waals surface area contributed by atoms with Gasteiger partial charge in [0.25, 0.3) is 0 Å². The Kier molecular flexibility index (Phi) is 4.08. The van der Waals surface area contributed by atoms with Crippen molar-refractivity contribution in [1.29, 1.82) is 0 Å². The molecule has 0 aromatic carbocycles. The van der Waals surface area contributed by atoms with E-state index in [0.29, 0.717) is 12.6 Å². The minimum Gasteiger partial charge on any atom is -0.380 e. The first-order valence-corrected chi connectivity index (χ1v) is 8.18. The van der Waals surface area contributed by atoms with Crippen molar-refractivity contribution >= 4 is 15.5 Å². The monoisotopic (exact) mass is 294 g/mol. The van der Waals surface area contributed by atoms with Crippen LogP contribution in [0.15, 0.2) is 35.7 Å². The number of anilines is 1. The number of rotatable bonds is 5. The quantitative estimate of drug-likeness (QED) is 0.911. The average molecular weight is 294 g/mol. The summed E-state index contributed by atoms with van der Waals surface area (Å²) in [6.45, 7) is 4.75. The zero-order valence-corrected chi connectivity index (χ0v) is 12.6. The molecule has 2 aromatic rings. The van der Waals surface area contributed by atoms with Gasteiger partial charge in [-0.3, -0.25) is 4.68 Å². The molecule has 0 bridgehead atoms. The molecule has 0 unspecified atom stereocenters. The highest BCUT2D eigenvalue weighted by Gasteiger charge is 2.08. The van der Waals surface area contributed by atoms with Crippen molar-refractivity contribution < 1.29 is 8.42 Å². The van der Waals surface area contributed by atoms with E-state index < -0.39 is 9.84 Å². The van der Waals surface area contributed by atoms with E-state index in [1.54, 1.807) is 6.07 Å². The Balaban J connectivity index is 2.00. The molecule has 20 heavy (non-hydrogen) atoms. The SMILES string of the molecule is CC(C)n1cc(CNc2ccc(S(C)(=O)=O)nc2)cn1. The number of pyridine rings is 1. The molecule has 7 heteroatoms. The number of aromatic nitrogens is 3. The third kappa shape index (κ3) is 3.57. The summed E-state index contributed by atoms with van der Waals surface area (Å²) in [7, 11) is -3.25. The van der Waals surface area contributed by atoms with Gasteiger partial charge in [-0.05, 0) is 26.0 Å². The predicted molar refractivity (Wildman–Crippen MR) is 77.3 cm³/mol. The van der Waals surface area contributed by atoms with Crippen molar-refractivity contribution in [2.45, 2.75) is 31.5 Å². The van der Waals surface area contributed by atoms with Gasteiger partial charge >= 0.3 is 0 Å². The molecule has 0 saturated carbocycles. The molecular weight excluding hydrogens is 276 g/mol. The van der Waals surface area contributed by atoms with Crippen LogP contribution in [0.3, 0.4) is 0 Å². The first kappa shape index (κ1) is 14.5. The van der Waals surface area contributed by atoms with E-state index in [-0.39, 0.29) is 5.03 Å². The van der Waals surface area contributed by atoms with E-state index in [2.05, 4.69) is 29.2 Å². The fourth-order valence-electron chi connectivity index (χ4n) is 1.66. The Morgan fingerprint density at radius 2 is 2.05 bits per heavy atom. The van der Waals surface area contributed by atoms with E-state index in [1.165, 1.54) is 12.3 Å². The summed E-state index contributed by atoms with van der Waals surface area (Å²) in [4.78, 5) is 3.92. The van der Waals surface area contributed by atoms with Gasteiger partial charge in [-0.15, -0.1) is 0 Å². The van der Waals surface area contributed by atoms with Crippen LogP contribution in [0.2, 0.25) is 0 Å². The topological polar surface area (TPSA) is 76.9 Å². The molecule has 2 heterocycles. The lowest BCUT2D eigenvalue weighted by molar-refractivity contribution is 0.532. The molecule has 0 spiro atoms. The molecule has 0 aliphatic heterocycles. The molecule has 0 aliphatic carbocycles. The highest BCUT2D eigenvalue weighted by atomic mass is 32.2. The van der Waals surface area contributed by atoms with Gasteiger partial charge in [0, 0.05) is 30.6 Å². The van der Waals surface area contributed by atoms with Gasteiger partial charge < -0.3 is 5.32 Å². The van der Waals surface area contributed by atoms with E-state index in [1.807, 2.05) is 17.1 Å². The molecule has 0 fully saturated rings. The molecule has 0 aliphatic rings. The number of hydrogen-bond acceptors (Lipinski definition) is 5. The second-order valence-corrected chi connectivity index (χ2v) is 6.90. The van der Waals surface area contributed by atoms with Gasteiger partial charge in [-0.1, -0.05) is 0 Å². The van der Waals surface area contributed by atoms with Crippen molar-refractivity contribution in [2.75, 3.05) is 11.6 Å². The minimum absolute atomic E-state index is 0.0793. The third-order valence-corrected chi connectivity index (χ3v) is 3.80. The number of nitrogens with zero attached hydrogens (tertiary/aromatic N) is 3. The average Bonchev–Trinajstić information content (AvgIpc) is 2.85. The van der Waals surface area contributed by atoms with Crippen molar-refractivity contribution in [3.05, 3.63) is 36.3 Å². The van der Waals surface area contributed by atoms with E-state index >= 15 is 0 Å². The van der Waals surface area contributed by atoms with Gasteiger partial charge in [0.2, 0.25) is 0 Å². The molecule has 108 valence electrons. The summed E-state index contributed by atoms with van der Waals surface area (Å²) in [5.74, 6) is 0. The first-order chi connectivity index (χ1) is 9.36. The zero-order chi connectivity index (χ0) is 14.8. The molecule has 2 aromatic heterocycles. The van der Waals surface area contributed by atoms with Crippen molar-refractivity contribution in [1.82, 2.24) is 14.8 Å². The predicted octanol–water partition coefficient (Wildman–Crippen LogP) is 1.87. The van der Waals surface area contributed by atoms with Crippen molar-refractivity contribution in [3.63, 3.8) is 0 Å². The molecule has 6 nitrogen and oxygen atoms in total. The summed E-state index contributed by atoms with van der Waals surface area (Å²) in [5.41, 5.74) is 1.83. The first-order valence-electron chi connectivity index (χ1n) is 6.29. The summed E-state index contributed by atoms with van der Waals surface area (Å²) < 4.78 is 24.5. The van der Waals surface area contributed by atoms with Crippen molar-refractivity contribution in [2.24, 2.45) is 0 Å². The van der Waals surface area contributed by atoms with Crippen LogP contribution in [0.4, 0.5) is 5.69 Å². The van der Waals surface area contributed by atoms with Crippen LogP contribution >= 0.6 is 0 Å². The van der Waals surface area contributed by atoms with Gasteiger partial charge in [-0.25, -0.2) is 13.4 Å². The minimum atomic E-state index is -3.25. The van der Waals surface area contributed by atoms with Crippen LogP contribution in [0.25, 0.3) is 0 Å². The zero-order valence-electron chi connectivity index (χ0n) is 11.7. The molecule has 0 atom stereocenters. The summed E-state index contributed by atoms with van der Waals surface area (Å²) in [5, 5.41) is 7.52. The lowest BCUT2D eigenvalue weighted by Crippen LogP contribution is -2.03. The van der Waals surface area contributed by atoms with Crippen LogP contribution in [0.1, 0.15) is 25.5 Å². The van der Waals surface area contributed by atoms with Gasteiger partial charge in [0.05, 0.1) is 18.1 Å². The maximum absolute atomic E-state index is 11.3. The second-order valence-electron chi connectivity index (χ2n) is 4.93. The fraction of sp³-hybridized carbons (Fsp3) is 0.385. The molecule has 0 radical (unpaired) electrons. The highest BCUT2D eigenvalue weighted by molar-refractivity contribution is 7.90. The molecule has 1 N–H and O–H groups in total. The van der Waals surface area contributed by atoms with Gasteiger partial charge in [0.15, 0.2) is 14.9 Å². The lowest BCUT2D eigenvalue weighted by Gasteiger charge is -2.05. The molecular formula is C13H18N4O2S. The highest BCUT2D eigenvalue weighted by Crippen LogP contribution is 2.12. The van der Waals surface area contributed by atoms with Gasteiger partial charge in [-0.2, -0.15) is 5.10 Å². The van der Waals surface area contributed by atoms with Gasteiger partial charge in [0.1, 0.15) is 0 Å². The molecule has 2 rings (SSSR count). The Morgan fingerprint density at radius 1 is 1.30 bits per heavy atom. The van der Waals surface area contributed by atoms with E-state index in [4.69, 9.17) is 0 Å². The fourth-order valence-corrected chi connectivity index (χ4v) is 2.22. The Hall–Kier alpha value is -1.89. The summed E-state index contributed by atoms with van der Waals surface area (Å²) in [6.07, 6.45) is 6.45. The second kappa shape index (κ2) is 5.62. The molecule has 0 amide bonds. The Morgan fingerprint density at radius 3 is 2.55 bits per heavy atom. The normalized spacial score (nSPS) is 11.8. The summed E-state index contributed by atoms with van der Waals surface area (Å²) >= 11 is 0. The van der Waals surface area contributed by atoms with Crippen LogP contribution in [0, 0.1) is 0 Å². The maximum Gasteiger partial charge on any atom is 0.192 e. The lowest BCUT2D eigenvalue weighted by atomic mass is 10.3. The Bertz CT molecular complexity index is 675. The van der Waals surface area contributed by atoms with Crippen molar-refractivity contribution in [3.8, 4) is 0 Å². The Labute approximate surface area is 118 Å². The number of sulfone groups is 1. The van der Waals surface area contributed by atoms with E-state index in [9.17, 15) is 8.42 Å². The van der Waals surface area contributed by atoms with E-state index in [0.717, 1.165) is 17.5 Å². The summed E-state index contributed by atoms with van der Waals surface area (Å²) in [6, 6.07) is 3.53.